The summed E-state index contributed by atoms with van der Waals surface area (Å²) in [5.74, 6) is 0. The van der Waals surface area contributed by atoms with Gasteiger partial charge in [-0.05, 0) is 151 Å². The zero-order valence-electron chi connectivity index (χ0n) is 42.5. The second-order valence-corrected chi connectivity index (χ2v) is 24.3. The maximum Gasteiger partial charge on any atom is 0.297 e. The lowest BCUT2D eigenvalue weighted by molar-refractivity contribution is 0.403. The van der Waals surface area contributed by atoms with Crippen molar-refractivity contribution in [3.05, 3.63) is 179 Å². The molecule has 0 fully saturated rings. The number of benzene rings is 7. The van der Waals surface area contributed by atoms with E-state index in [0.29, 0.717) is 0 Å². The Morgan fingerprint density at radius 3 is 1.62 bits per heavy atom. The Bertz CT molecular complexity index is 3230. The van der Waals surface area contributed by atoms with Gasteiger partial charge in [0, 0.05) is 45.2 Å². The van der Waals surface area contributed by atoms with Crippen molar-refractivity contribution in [3.63, 3.8) is 0 Å². The third kappa shape index (κ3) is 7.02. The van der Waals surface area contributed by atoms with E-state index in [0.717, 1.165) is 68.5 Å². The molecule has 0 radical (unpaired) electrons. The number of hydrogen-bond acceptors (Lipinski definition) is 4. The quantitative estimate of drug-likeness (QED) is 0.161. The van der Waals surface area contributed by atoms with Crippen molar-refractivity contribution in [2.75, 3.05) is 14.7 Å². The van der Waals surface area contributed by atoms with Gasteiger partial charge in [0.05, 0.1) is 17.0 Å². The molecule has 68 heavy (non-hydrogen) atoms. The Balaban J connectivity index is 1.30. The summed E-state index contributed by atoms with van der Waals surface area (Å²) in [6.45, 7) is 30.3. The summed E-state index contributed by atoms with van der Waals surface area (Å²) in [5, 5.41) is 1.14. The molecule has 11 rings (SSSR count). The van der Waals surface area contributed by atoms with Crippen LogP contribution in [-0.4, -0.2) is 6.71 Å². The highest BCUT2D eigenvalue weighted by atomic mass is 16.3. The molecule has 0 amide bonds. The zero-order valence-corrected chi connectivity index (χ0v) is 42.5. The van der Waals surface area contributed by atoms with Crippen molar-refractivity contribution in [1.29, 1.82) is 0 Å². The summed E-state index contributed by atoms with van der Waals surface area (Å²) >= 11 is 0. The van der Waals surface area contributed by atoms with E-state index in [4.69, 9.17) is 4.42 Å². The summed E-state index contributed by atoms with van der Waals surface area (Å²) in [4.78, 5) is 7.55. The lowest BCUT2D eigenvalue weighted by Gasteiger charge is -2.44. The molecule has 2 aliphatic heterocycles. The highest BCUT2D eigenvalue weighted by Gasteiger charge is 2.49. The van der Waals surface area contributed by atoms with E-state index < -0.39 is 0 Å². The molecule has 7 aromatic carbocycles. The van der Waals surface area contributed by atoms with E-state index >= 15 is 0 Å². The van der Waals surface area contributed by atoms with Crippen LogP contribution in [0.1, 0.15) is 124 Å². The third-order valence-electron chi connectivity index (χ3n) is 15.3. The monoisotopic (exact) mass is 892 g/mol. The minimum atomic E-state index is -0.181. The molecule has 0 spiro atoms. The van der Waals surface area contributed by atoms with E-state index in [9.17, 15) is 0 Å². The molecular formula is C63H66BN3O. The smallest absolute Gasteiger partial charge is 0.297 e. The van der Waals surface area contributed by atoms with Crippen molar-refractivity contribution >= 4 is 85.5 Å². The molecular weight excluding hydrogens is 826 g/mol. The normalized spacial score (nSPS) is 15.8. The summed E-state index contributed by atoms with van der Waals surface area (Å²) in [6.07, 6.45) is 1.10. The summed E-state index contributed by atoms with van der Waals surface area (Å²) < 4.78 is 7.45. The number of rotatable bonds is 5. The first-order valence-electron chi connectivity index (χ1n) is 24.8. The predicted molar refractivity (Wildman–Crippen MR) is 292 cm³/mol. The average molecular weight is 892 g/mol. The number of fused-ring (bicyclic) bond motifs is 7. The maximum absolute atomic E-state index is 7.45. The minimum absolute atomic E-state index is 0.00483. The fraction of sp³-hybridized carbons (Fsp3) is 0.302. The van der Waals surface area contributed by atoms with E-state index in [1.54, 1.807) is 0 Å². The van der Waals surface area contributed by atoms with Gasteiger partial charge in [0.15, 0.2) is 0 Å². The number of hydrogen-bond donors (Lipinski definition) is 0. The Kier molecular flexibility index (Phi) is 9.74. The molecule has 0 atom stereocenters. The van der Waals surface area contributed by atoms with Crippen LogP contribution >= 0.6 is 0 Å². The first-order valence-corrected chi connectivity index (χ1v) is 24.8. The van der Waals surface area contributed by atoms with Gasteiger partial charge in [0.25, 0.3) is 6.71 Å². The van der Waals surface area contributed by atoms with Gasteiger partial charge < -0.3 is 19.1 Å². The second kappa shape index (κ2) is 15.0. The molecule has 1 aliphatic carbocycles. The van der Waals surface area contributed by atoms with Gasteiger partial charge in [0.2, 0.25) is 0 Å². The highest BCUT2D eigenvalue weighted by molar-refractivity contribution is 7.00. The van der Waals surface area contributed by atoms with Crippen LogP contribution in [0.3, 0.4) is 0 Å². The highest BCUT2D eigenvalue weighted by Crippen LogP contribution is 2.54. The van der Waals surface area contributed by atoms with Gasteiger partial charge in [-0.15, -0.1) is 0 Å². The van der Waals surface area contributed by atoms with Crippen LogP contribution < -0.4 is 31.3 Å². The largest absolute Gasteiger partial charge is 0.468 e. The minimum Gasteiger partial charge on any atom is -0.468 e. The summed E-state index contributed by atoms with van der Waals surface area (Å²) in [6, 6.07) is 57.4. The predicted octanol–water partition coefficient (Wildman–Crippen LogP) is 15.8. The molecule has 3 heterocycles. The first kappa shape index (κ1) is 44.1. The Morgan fingerprint density at radius 2 is 1.01 bits per heavy atom. The molecule has 0 N–H and O–H groups in total. The van der Waals surface area contributed by atoms with Gasteiger partial charge in [-0.2, -0.15) is 0 Å². The SMILES string of the molecule is CC(C)(C)c1ccc(N2c3ccc(C(C)(C)C)cc3B3c4oc5ccc(C(C)(C)C)cc5c4N(c4ccc5c(c4)C(C)(C)CC5(C)C)c4cc(N(c5ccccc5)c5ccccc5)cc2c43)cc1. The molecule has 4 nitrogen and oxygen atoms in total. The molecule has 5 heteroatoms. The van der Waals surface area contributed by atoms with Crippen LogP contribution in [0.4, 0.5) is 51.2 Å². The molecule has 0 unspecified atom stereocenters. The molecule has 0 saturated carbocycles. The average Bonchev–Trinajstić information content (AvgIpc) is 3.75. The maximum atomic E-state index is 7.45. The van der Waals surface area contributed by atoms with Gasteiger partial charge >= 0.3 is 0 Å². The molecule has 0 saturated heterocycles. The van der Waals surface area contributed by atoms with Crippen molar-refractivity contribution in [2.24, 2.45) is 0 Å². The van der Waals surface area contributed by atoms with Crippen molar-refractivity contribution < 1.29 is 4.42 Å². The van der Waals surface area contributed by atoms with Gasteiger partial charge in [0.1, 0.15) is 5.58 Å². The molecule has 342 valence electrons. The number of furan rings is 1. The second-order valence-electron chi connectivity index (χ2n) is 24.3. The third-order valence-corrected chi connectivity index (χ3v) is 15.3. The summed E-state index contributed by atoms with van der Waals surface area (Å²) in [5.41, 5.74) is 21.3. The van der Waals surface area contributed by atoms with Crippen LogP contribution in [0.2, 0.25) is 0 Å². The van der Waals surface area contributed by atoms with Crippen LogP contribution in [0.15, 0.2) is 156 Å². The first-order chi connectivity index (χ1) is 32.1. The fourth-order valence-corrected chi connectivity index (χ4v) is 11.9. The van der Waals surface area contributed by atoms with Gasteiger partial charge in [-0.3, -0.25) is 0 Å². The Morgan fingerprint density at radius 1 is 0.485 bits per heavy atom. The topological polar surface area (TPSA) is 22.9 Å². The van der Waals surface area contributed by atoms with E-state index in [1.807, 2.05) is 0 Å². The van der Waals surface area contributed by atoms with Crippen molar-refractivity contribution in [3.8, 4) is 0 Å². The molecule has 8 aromatic rings. The van der Waals surface area contributed by atoms with Gasteiger partial charge in [-0.1, -0.05) is 163 Å². The fourth-order valence-electron chi connectivity index (χ4n) is 11.9. The van der Waals surface area contributed by atoms with E-state index in [2.05, 4.69) is 256 Å². The van der Waals surface area contributed by atoms with Crippen LogP contribution in [0, 0.1) is 0 Å². The van der Waals surface area contributed by atoms with Crippen LogP contribution in [0.5, 0.6) is 0 Å². The van der Waals surface area contributed by atoms with Crippen molar-refractivity contribution in [2.45, 2.75) is 124 Å². The zero-order chi connectivity index (χ0) is 47.9. The van der Waals surface area contributed by atoms with E-state index in [1.165, 1.54) is 44.4 Å². The molecule has 1 aromatic heterocycles. The van der Waals surface area contributed by atoms with Crippen LogP contribution in [-0.2, 0) is 27.1 Å². The van der Waals surface area contributed by atoms with E-state index in [-0.39, 0.29) is 33.8 Å². The molecule has 3 aliphatic rings. The van der Waals surface area contributed by atoms with Crippen LogP contribution in [0.25, 0.3) is 11.0 Å². The summed E-state index contributed by atoms with van der Waals surface area (Å²) in [7, 11) is 0. The standard InChI is InChI=1S/C63H66BN3O/c1-59(2,3)40-24-28-45(29-25-40)66-52-32-26-42(61(7,8)9)35-51(52)64-56-53(66)37-47(65(43-20-16-14-17-21-43)44-22-18-15-19-23-44)38-54(56)67(46-30-31-49-50(36-46)63(12,13)39-62(49,10)11)57-48-34-41(60(4,5)6)27-33-55(48)68-58(57)64/h14-38H,39H2,1-13H3. The molecule has 0 bridgehead atoms. The number of nitrogens with zero attached hydrogens (tertiary/aromatic N) is 3. The lowest BCUT2D eigenvalue weighted by Crippen LogP contribution is -2.61. The number of para-hydroxylation sites is 2. The Labute approximate surface area is 405 Å². The lowest BCUT2D eigenvalue weighted by atomic mass is 9.35. The van der Waals surface area contributed by atoms with Crippen molar-refractivity contribution in [1.82, 2.24) is 0 Å². The Hall–Kier alpha value is -6.46. The number of anilines is 9. The van der Waals surface area contributed by atoms with Gasteiger partial charge in [-0.25, -0.2) is 0 Å².